The SMILES string of the molecule is CCc1nc(NN)c(C)c(NC(C)C2CC3CCC2C3)n1. The molecule has 2 aliphatic rings. The van der Waals surface area contributed by atoms with E-state index in [9.17, 15) is 0 Å². The van der Waals surface area contributed by atoms with Gasteiger partial charge in [-0.2, -0.15) is 0 Å². The zero-order chi connectivity index (χ0) is 15.0. The number of hydrogen-bond donors (Lipinski definition) is 3. The Morgan fingerprint density at radius 2 is 2.00 bits per heavy atom. The molecule has 0 saturated heterocycles. The van der Waals surface area contributed by atoms with Gasteiger partial charge in [0.15, 0.2) is 0 Å². The number of nitrogens with two attached hydrogens (primary N) is 1. The number of hydrazine groups is 1. The average Bonchev–Trinajstić information content (AvgIpc) is 3.12. The molecule has 1 aromatic heterocycles. The van der Waals surface area contributed by atoms with Gasteiger partial charge >= 0.3 is 0 Å². The Hall–Kier alpha value is -1.36. The highest BCUT2D eigenvalue weighted by Crippen LogP contribution is 2.49. The van der Waals surface area contributed by atoms with Gasteiger partial charge in [-0.3, -0.25) is 0 Å². The van der Waals surface area contributed by atoms with E-state index in [0.29, 0.717) is 6.04 Å². The van der Waals surface area contributed by atoms with Crippen LogP contribution in [0.15, 0.2) is 0 Å². The van der Waals surface area contributed by atoms with Gasteiger partial charge in [-0.15, -0.1) is 0 Å². The van der Waals surface area contributed by atoms with Crippen molar-refractivity contribution in [1.82, 2.24) is 9.97 Å². The summed E-state index contributed by atoms with van der Waals surface area (Å²) >= 11 is 0. The zero-order valence-corrected chi connectivity index (χ0v) is 13.3. The number of aryl methyl sites for hydroxylation is 1. The Balaban J connectivity index is 1.77. The monoisotopic (exact) mass is 289 g/mol. The van der Waals surface area contributed by atoms with Gasteiger partial charge in [0, 0.05) is 18.0 Å². The lowest BCUT2D eigenvalue weighted by atomic mass is 9.84. The maximum atomic E-state index is 5.58. The first kappa shape index (κ1) is 14.6. The topological polar surface area (TPSA) is 75.9 Å². The van der Waals surface area contributed by atoms with Gasteiger partial charge in [0.05, 0.1) is 0 Å². The molecule has 4 atom stereocenters. The molecule has 3 rings (SSSR count). The molecule has 0 aromatic carbocycles. The fourth-order valence-corrected chi connectivity index (χ4v) is 4.23. The largest absolute Gasteiger partial charge is 0.367 e. The minimum atomic E-state index is 0.462. The fraction of sp³-hybridized carbons (Fsp3) is 0.750. The van der Waals surface area contributed by atoms with Crippen molar-refractivity contribution in [2.75, 3.05) is 10.7 Å². The summed E-state index contributed by atoms with van der Waals surface area (Å²) in [7, 11) is 0. The summed E-state index contributed by atoms with van der Waals surface area (Å²) in [6, 6.07) is 0.462. The maximum absolute atomic E-state index is 5.58. The minimum absolute atomic E-state index is 0.462. The van der Waals surface area contributed by atoms with Crippen LogP contribution >= 0.6 is 0 Å². The van der Waals surface area contributed by atoms with E-state index < -0.39 is 0 Å². The Labute approximate surface area is 127 Å². The van der Waals surface area contributed by atoms with Crippen LogP contribution in [0.1, 0.15) is 50.9 Å². The molecule has 4 N–H and O–H groups in total. The van der Waals surface area contributed by atoms with E-state index >= 15 is 0 Å². The molecule has 5 heteroatoms. The highest BCUT2D eigenvalue weighted by Gasteiger charge is 2.41. The van der Waals surface area contributed by atoms with Crippen LogP contribution in [0.5, 0.6) is 0 Å². The summed E-state index contributed by atoms with van der Waals surface area (Å²) in [4.78, 5) is 9.08. The van der Waals surface area contributed by atoms with Crippen LogP contribution in [-0.4, -0.2) is 16.0 Å². The molecule has 2 saturated carbocycles. The smallest absolute Gasteiger partial charge is 0.148 e. The number of rotatable bonds is 5. The van der Waals surface area contributed by atoms with E-state index in [2.05, 4.69) is 34.6 Å². The van der Waals surface area contributed by atoms with Crippen molar-refractivity contribution in [3.05, 3.63) is 11.4 Å². The standard InChI is InChI=1S/C16H27N5/c1-4-14-19-15(9(2)16(20-14)21-17)18-10(3)13-8-11-5-6-12(13)7-11/h10-13H,4-8,17H2,1-3H3,(H2,18,19,20,21). The first-order chi connectivity index (χ1) is 10.1. The van der Waals surface area contributed by atoms with Gasteiger partial charge in [-0.05, 0) is 50.9 Å². The molecule has 0 amide bonds. The average molecular weight is 289 g/mol. The lowest BCUT2D eigenvalue weighted by molar-refractivity contribution is 0.304. The second-order valence-electron chi connectivity index (χ2n) is 6.73. The number of nitrogens with zero attached hydrogens (tertiary/aromatic N) is 2. The van der Waals surface area contributed by atoms with Crippen molar-refractivity contribution in [3.63, 3.8) is 0 Å². The second kappa shape index (κ2) is 5.79. The number of nitrogens with one attached hydrogen (secondary N) is 2. The number of hydrogen-bond acceptors (Lipinski definition) is 5. The summed E-state index contributed by atoms with van der Waals surface area (Å²) in [5.74, 6) is 10.7. The van der Waals surface area contributed by atoms with E-state index in [1.165, 1.54) is 25.7 Å². The van der Waals surface area contributed by atoms with Gasteiger partial charge in [0.25, 0.3) is 0 Å². The molecule has 5 nitrogen and oxygen atoms in total. The van der Waals surface area contributed by atoms with Crippen molar-refractivity contribution < 1.29 is 0 Å². The van der Waals surface area contributed by atoms with E-state index in [4.69, 9.17) is 5.84 Å². The Morgan fingerprint density at radius 3 is 2.57 bits per heavy atom. The molecule has 4 unspecified atom stereocenters. The van der Waals surface area contributed by atoms with Crippen LogP contribution in [0, 0.1) is 24.7 Å². The Kier molecular flexibility index (Phi) is 4.02. The number of fused-ring (bicyclic) bond motifs is 2. The third-order valence-corrected chi connectivity index (χ3v) is 5.44. The molecule has 2 bridgehead atoms. The predicted octanol–water partition coefficient (Wildman–Crippen LogP) is 2.87. The van der Waals surface area contributed by atoms with Crippen molar-refractivity contribution >= 4 is 11.6 Å². The van der Waals surface area contributed by atoms with Crippen molar-refractivity contribution in [2.24, 2.45) is 23.6 Å². The van der Waals surface area contributed by atoms with Gasteiger partial charge in [0.1, 0.15) is 17.5 Å². The normalized spacial score (nSPS) is 28.7. The first-order valence-corrected chi connectivity index (χ1v) is 8.23. The van der Waals surface area contributed by atoms with Crippen molar-refractivity contribution in [3.8, 4) is 0 Å². The molecule has 0 spiro atoms. The Morgan fingerprint density at radius 1 is 1.24 bits per heavy atom. The van der Waals surface area contributed by atoms with Gasteiger partial charge in [-0.25, -0.2) is 15.8 Å². The van der Waals surface area contributed by atoms with E-state index in [-0.39, 0.29) is 0 Å². The maximum Gasteiger partial charge on any atom is 0.148 e. The number of anilines is 2. The van der Waals surface area contributed by atoms with Crippen LogP contribution in [0.25, 0.3) is 0 Å². The summed E-state index contributed by atoms with van der Waals surface area (Å²) in [6.07, 6.45) is 6.49. The summed E-state index contributed by atoms with van der Waals surface area (Å²) in [5, 5.41) is 3.64. The highest BCUT2D eigenvalue weighted by atomic mass is 15.3. The highest BCUT2D eigenvalue weighted by molar-refractivity contribution is 5.57. The molecule has 1 heterocycles. The molecule has 2 fully saturated rings. The van der Waals surface area contributed by atoms with E-state index in [1.54, 1.807) is 0 Å². The minimum Gasteiger partial charge on any atom is -0.367 e. The zero-order valence-electron chi connectivity index (χ0n) is 13.3. The summed E-state index contributed by atoms with van der Waals surface area (Å²) in [5.41, 5.74) is 3.69. The predicted molar refractivity (Wildman–Crippen MR) is 86.0 cm³/mol. The van der Waals surface area contributed by atoms with Crippen LogP contribution in [0.3, 0.4) is 0 Å². The van der Waals surface area contributed by atoms with E-state index in [1.807, 2.05) is 6.92 Å². The lowest BCUT2D eigenvalue weighted by Gasteiger charge is -2.29. The molecule has 0 aliphatic heterocycles. The Bertz CT molecular complexity index is 516. The van der Waals surface area contributed by atoms with Gasteiger partial charge in [0.2, 0.25) is 0 Å². The van der Waals surface area contributed by atoms with Crippen LogP contribution in [0.2, 0.25) is 0 Å². The third kappa shape index (κ3) is 2.71. The summed E-state index contributed by atoms with van der Waals surface area (Å²) in [6.45, 7) is 6.38. The van der Waals surface area contributed by atoms with Crippen LogP contribution < -0.4 is 16.6 Å². The molecule has 0 radical (unpaired) electrons. The molecule has 2 aliphatic carbocycles. The molecular weight excluding hydrogens is 262 g/mol. The molecule has 1 aromatic rings. The second-order valence-corrected chi connectivity index (χ2v) is 6.73. The van der Waals surface area contributed by atoms with Crippen molar-refractivity contribution in [2.45, 2.75) is 58.9 Å². The molecular formula is C16H27N5. The van der Waals surface area contributed by atoms with Crippen molar-refractivity contribution in [1.29, 1.82) is 0 Å². The van der Waals surface area contributed by atoms with Gasteiger partial charge in [-0.1, -0.05) is 13.3 Å². The number of nitrogen functional groups attached to an aromatic ring is 1. The van der Waals surface area contributed by atoms with E-state index in [0.717, 1.165) is 47.2 Å². The van der Waals surface area contributed by atoms with Crippen LogP contribution in [0.4, 0.5) is 11.6 Å². The quantitative estimate of drug-likeness (QED) is 0.574. The molecule has 21 heavy (non-hydrogen) atoms. The third-order valence-electron chi connectivity index (χ3n) is 5.44. The van der Waals surface area contributed by atoms with Gasteiger partial charge < -0.3 is 10.7 Å². The summed E-state index contributed by atoms with van der Waals surface area (Å²) < 4.78 is 0. The lowest BCUT2D eigenvalue weighted by Crippen LogP contribution is -2.31. The fourth-order valence-electron chi connectivity index (χ4n) is 4.23. The molecule has 116 valence electrons. The number of aromatic nitrogens is 2. The first-order valence-electron chi connectivity index (χ1n) is 8.23. The van der Waals surface area contributed by atoms with Crippen LogP contribution in [-0.2, 0) is 6.42 Å².